The van der Waals surface area contributed by atoms with Gasteiger partial charge in [0, 0.05) is 32.8 Å². The monoisotopic (exact) mass is 226 g/mol. The lowest BCUT2D eigenvalue weighted by Crippen LogP contribution is -2.46. The zero-order valence-corrected chi connectivity index (χ0v) is 10.8. The lowest BCUT2D eigenvalue weighted by atomic mass is 9.99. The molecule has 94 valence electrons. The fraction of sp³-hybridized carbons (Fsp3) is 1.00. The topological polar surface area (TPSA) is 24.5 Å². The van der Waals surface area contributed by atoms with E-state index < -0.39 is 0 Å². The summed E-state index contributed by atoms with van der Waals surface area (Å²) in [5.74, 6) is 0. The van der Waals surface area contributed by atoms with Crippen molar-refractivity contribution in [1.29, 1.82) is 0 Å². The summed E-state index contributed by atoms with van der Waals surface area (Å²) in [6, 6.07) is 0.715. The van der Waals surface area contributed by atoms with Crippen LogP contribution in [0.1, 0.15) is 32.1 Å². The number of hydrogen-bond donors (Lipinski definition) is 1. The molecule has 2 rings (SSSR count). The predicted octanol–water partition coefficient (Wildman–Crippen LogP) is 1.49. The number of likely N-dealkylation sites (tertiary alicyclic amines) is 1. The molecule has 1 saturated carbocycles. The summed E-state index contributed by atoms with van der Waals surface area (Å²) < 4.78 is 5.22. The van der Waals surface area contributed by atoms with E-state index in [0.29, 0.717) is 11.5 Å². The summed E-state index contributed by atoms with van der Waals surface area (Å²) in [6.07, 6.45) is 6.78. The van der Waals surface area contributed by atoms with Crippen molar-refractivity contribution in [3.05, 3.63) is 0 Å². The van der Waals surface area contributed by atoms with Crippen molar-refractivity contribution in [2.45, 2.75) is 38.1 Å². The molecule has 1 heterocycles. The van der Waals surface area contributed by atoms with Crippen LogP contribution >= 0.6 is 0 Å². The maximum atomic E-state index is 5.22. The van der Waals surface area contributed by atoms with Crippen LogP contribution in [0.15, 0.2) is 0 Å². The third-order valence-electron chi connectivity index (χ3n) is 4.27. The average Bonchev–Trinajstić information content (AvgIpc) is 3.07. The second-order valence-electron chi connectivity index (χ2n) is 5.61. The van der Waals surface area contributed by atoms with E-state index in [9.17, 15) is 0 Å². The predicted molar refractivity (Wildman–Crippen MR) is 66.7 cm³/mol. The third kappa shape index (κ3) is 3.19. The van der Waals surface area contributed by atoms with E-state index in [1.54, 1.807) is 0 Å². The number of rotatable bonds is 6. The molecule has 16 heavy (non-hydrogen) atoms. The smallest absolute Gasteiger partial charge is 0.0468 e. The van der Waals surface area contributed by atoms with Crippen LogP contribution in [0.2, 0.25) is 0 Å². The van der Waals surface area contributed by atoms with Crippen molar-refractivity contribution < 1.29 is 4.74 Å². The zero-order valence-electron chi connectivity index (χ0n) is 10.8. The number of hydrogen-bond acceptors (Lipinski definition) is 3. The molecule has 1 N–H and O–H groups in total. The first kappa shape index (κ1) is 12.3. The molecule has 0 spiro atoms. The van der Waals surface area contributed by atoms with Crippen molar-refractivity contribution in [3.8, 4) is 0 Å². The van der Waals surface area contributed by atoms with E-state index in [1.807, 2.05) is 7.11 Å². The summed E-state index contributed by atoms with van der Waals surface area (Å²) in [5.41, 5.74) is 0.617. The van der Waals surface area contributed by atoms with Gasteiger partial charge in [0.25, 0.3) is 0 Å². The van der Waals surface area contributed by atoms with E-state index in [4.69, 9.17) is 4.74 Å². The minimum absolute atomic E-state index is 0.617. The molecule has 3 nitrogen and oxygen atoms in total. The van der Waals surface area contributed by atoms with Gasteiger partial charge in [0.2, 0.25) is 0 Å². The normalized spacial score (nSPS) is 29.2. The molecule has 0 radical (unpaired) electrons. The van der Waals surface area contributed by atoms with E-state index in [0.717, 1.165) is 6.61 Å². The zero-order chi connectivity index (χ0) is 11.4. The molecule has 1 unspecified atom stereocenters. The third-order valence-corrected chi connectivity index (χ3v) is 4.27. The molecule has 1 aliphatic heterocycles. The fourth-order valence-corrected chi connectivity index (χ4v) is 2.89. The number of likely N-dealkylation sites (N-methyl/N-ethyl adjacent to an activating group) is 1. The molecule has 1 aliphatic carbocycles. The molecule has 2 fully saturated rings. The molecule has 2 aliphatic rings. The maximum absolute atomic E-state index is 5.22. The highest BCUT2D eigenvalue weighted by Gasteiger charge is 2.43. The van der Waals surface area contributed by atoms with Crippen molar-refractivity contribution in [3.63, 3.8) is 0 Å². The SMILES string of the molecule is CNC1CCCN(CC2(CCOC)CC2)C1. The minimum atomic E-state index is 0.617. The van der Waals surface area contributed by atoms with Crippen LogP contribution in [0.4, 0.5) is 0 Å². The first-order valence-corrected chi connectivity index (χ1v) is 6.66. The fourth-order valence-electron chi connectivity index (χ4n) is 2.89. The van der Waals surface area contributed by atoms with Crippen molar-refractivity contribution >= 4 is 0 Å². The molecule has 0 bridgehead atoms. The quantitative estimate of drug-likeness (QED) is 0.742. The Balaban J connectivity index is 1.76. The highest BCUT2D eigenvalue weighted by atomic mass is 16.5. The van der Waals surface area contributed by atoms with Crippen LogP contribution in [0.25, 0.3) is 0 Å². The largest absolute Gasteiger partial charge is 0.385 e. The van der Waals surface area contributed by atoms with Gasteiger partial charge in [-0.05, 0) is 51.1 Å². The Kier molecular flexibility index (Phi) is 4.22. The van der Waals surface area contributed by atoms with Gasteiger partial charge < -0.3 is 15.0 Å². The highest BCUT2D eigenvalue weighted by Crippen LogP contribution is 2.49. The van der Waals surface area contributed by atoms with E-state index >= 15 is 0 Å². The Hall–Kier alpha value is -0.120. The van der Waals surface area contributed by atoms with Gasteiger partial charge in [-0.25, -0.2) is 0 Å². The van der Waals surface area contributed by atoms with Crippen LogP contribution in [-0.2, 0) is 4.74 Å². The van der Waals surface area contributed by atoms with Crippen LogP contribution in [0, 0.1) is 5.41 Å². The Morgan fingerprint density at radius 3 is 2.88 bits per heavy atom. The number of piperidine rings is 1. The summed E-state index contributed by atoms with van der Waals surface area (Å²) in [7, 11) is 3.90. The van der Waals surface area contributed by atoms with Crippen molar-refractivity contribution in [1.82, 2.24) is 10.2 Å². The van der Waals surface area contributed by atoms with Gasteiger partial charge in [0.1, 0.15) is 0 Å². The van der Waals surface area contributed by atoms with Gasteiger partial charge in [-0.2, -0.15) is 0 Å². The standard InChI is InChI=1S/C13H26N2O/c1-14-12-4-3-8-15(10-12)11-13(5-6-13)7-9-16-2/h12,14H,3-11H2,1-2H3. The summed E-state index contributed by atoms with van der Waals surface area (Å²) in [6.45, 7) is 4.77. The van der Waals surface area contributed by atoms with Gasteiger partial charge in [-0.1, -0.05) is 0 Å². The highest BCUT2D eigenvalue weighted by molar-refractivity contribution is 4.96. The Labute approximate surface area is 99.5 Å². The molecule has 0 amide bonds. The molecule has 0 aromatic carbocycles. The van der Waals surface area contributed by atoms with E-state index in [-0.39, 0.29) is 0 Å². The number of ether oxygens (including phenoxy) is 1. The maximum Gasteiger partial charge on any atom is 0.0468 e. The summed E-state index contributed by atoms with van der Waals surface area (Å²) in [4.78, 5) is 2.66. The number of methoxy groups -OCH3 is 1. The second kappa shape index (κ2) is 5.48. The van der Waals surface area contributed by atoms with E-state index in [2.05, 4.69) is 17.3 Å². The molecule has 1 atom stereocenters. The molecular weight excluding hydrogens is 200 g/mol. The Morgan fingerprint density at radius 2 is 2.25 bits per heavy atom. The van der Waals surface area contributed by atoms with Crippen LogP contribution in [0.5, 0.6) is 0 Å². The Morgan fingerprint density at radius 1 is 1.44 bits per heavy atom. The second-order valence-corrected chi connectivity index (χ2v) is 5.61. The van der Waals surface area contributed by atoms with Crippen molar-refractivity contribution in [2.75, 3.05) is 40.4 Å². The molecule has 0 aromatic heterocycles. The summed E-state index contributed by atoms with van der Waals surface area (Å²) >= 11 is 0. The molecule has 1 saturated heterocycles. The first-order valence-electron chi connectivity index (χ1n) is 6.66. The molecule has 0 aromatic rings. The lowest BCUT2D eigenvalue weighted by Gasteiger charge is -2.35. The van der Waals surface area contributed by atoms with Crippen LogP contribution in [0.3, 0.4) is 0 Å². The van der Waals surface area contributed by atoms with Crippen LogP contribution < -0.4 is 5.32 Å². The average molecular weight is 226 g/mol. The molecule has 3 heteroatoms. The lowest BCUT2D eigenvalue weighted by molar-refractivity contribution is 0.127. The molecular formula is C13H26N2O. The Bertz CT molecular complexity index is 216. The van der Waals surface area contributed by atoms with E-state index in [1.165, 1.54) is 51.7 Å². The first-order chi connectivity index (χ1) is 7.78. The van der Waals surface area contributed by atoms with Gasteiger partial charge in [-0.15, -0.1) is 0 Å². The van der Waals surface area contributed by atoms with Gasteiger partial charge >= 0.3 is 0 Å². The van der Waals surface area contributed by atoms with Gasteiger partial charge in [0.05, 0.1) is 0 Å². The number of nitrogens with one attached hydrogen (secondary N) is 1. The van der Waals surface area contributed by atoms with Crippen LogP contribution in [-0.4, -0.2) is 51.3 Å². The van der Waals surface area contributed by atoms with Gasteiger partial charge in [-0.3, -0.25) is 0 Å². The minimum Gasteiger partial charge on any atom is -0.385 e. The summed E-state index contributed by atoms with van der Waals surface area (Å²) in [5, 5.41) is 3.42. The number of nitrogens with zero attached hydrogens (tertiary/aromatic N) is 1. The van der Waals surface area contributed by atoms with Crippen molar-refractivity contribution in [2.24, 2.45) is 5.41 Å². The van der Waals surface area contributed by atoms with Gasteiger partial charge in [0.15, 0.2) is 0 Å².